The fourth-order valence-electron chi connectivity index (χ4n) is 1.39. The summed E-state index contributed by atoms with van der Waals surface area (Å²) in [6, 6.07) is 2.19. The SMILES string of the molecule is CC(CBr)CN(C)Cc1csc(Br)c1. The van der Waals surface area contributed by atoms with E-state index in [1.807, 2.05) is 0 Å². The molecule has 0 aliphatic rings. The van der Waals surface area contributed by atoms with Crippen molar-refractivity contribution in [2.45, 2.75) is 13.5 Å². The average molecular weight is 341 g/mol. The van der Waals surface area contributed by atoms with Gasteiger partial charge in [0.25, 0.3) is 0 Å². The van der Waals surface area contributed by atoms with E-state index in [9.17, 15) is 0 Å². The first-order valence-electron chi connectivity index (χ1n) is 4.59. The van der Waals surface area contributed by atoms with Gasteiger partial charge in [-0.3, -0.25) is 0 Å². The van der Waals surface area contributed by atoms with E-state index in [0.717, 1.165) is 18.4 Å². The molecule has 1 heterocycles. The van der Waals surface area contributed by atoms with Gasteiger partial charge in [-0.1, -0.05) is 22.9 Å². The lowest BCUT2D eigenvalue weighted by Crippen LogP contribution is -2.24. The zero-order chi connectivity index (χ0) is 10.6. The minimum absolute atomic E-state index is 0.710. The molecule has 1 unspecified atom stereocenters. The van der Waals surface area contributed by atoms with E-state index in [1.54, 1.807) is 11.3 Å². The molecule has 14 heavy (non-hydrogen) atoms. The maximum atomic E-state index is 3.50. The van der Waals surface area contributed by atoms with Crippen molar-refractivity contribution in [1.29, 1.82) is 0 Å². The third-order valence-corrected chi connectivity index (χ3v) is 4.62. The summed E-state index contributed by atoms with van der Waals surface area (Å²) in [7, 11) is 2.17. The van der Waals surface area contributed by atoms with Gasteiger partial charge in [0.2, 0.25) is 0 Å². The lowest BCUT2D eigenvalue weighted by atomic mass is 10.2. The lowest BCUT2D eigenvalue weighted by molar-refractivity contribution is 0.291. The molecule has 0 fully saturated rings. The minimum Gasteiger partial charge on any atom is -0.302 e. The van der Waals surface area contributed by atoms with Crippen LogP contribution in [0.4, 0.5) is 0 Å². The molecule has 0 aromatic carbocycles. The number of rotatable bonds is 5. The Morgan fingerprint density at radius 3 is 2.79 bits per heavy atom. The van der Waals surface area contributed by atoms with Crippen molar-refractivity contribution in [3.8, 4) is 0 Å². The van der Waals surface area contributed by atoms with Gasteiger partial charge in [-0.25, -0.2) is 0 Å². The van der Waals surface area contributed by atoms with E-state index in [-0.39, 0.29) is 0 Å². The van der Waals surface area contributed by atoms with E-state index in [2.05, 4.69) is 62.2 Å². The molecule has 0 aliphatic carbocycles. The van der Waals surface area contributed by atoms with Crippen molar-refractivity contribution >= 4 is 43.2 Å². The Kier molecular flexibility index (Phi) is 5.67. The Balaban J connectivity index is 2.37. The summed E-state index contributed by atoms with van der Waals surface area (Å²) < 4.78 is 1.22. The average Bonchev–Trinajstić information content (AvgIpc) is 2.50. The summed E-state index contributed by atoms with van der Waals surface area (Å²) in [6.07, 6.45) is 0. The van der Waals surface area contributed by atoms with Crippen LogP contribution in [0.5, 0.6) is 0 Å². The number of hydrogen-bond donors (Lipinski definition) is 0. The second-order valence-electron chi connectivity index (χ2n) is 3.72. The molecule has 0 N–H and O–H groups in total. The van der Waals surface area contributed by atoms with Gasteiger partial charge < -0.3 is 4.90 Å². The summed E-state index contributed by atoms with van der Waals surface area (Å²) in [5, 5.41) is 3.28. The predicted octanol–water partition coefficient (Wildman–Crippen LogP) is 3.97. The Morgan fingerprint density at radius 2 is 2.29 bits per heavy atom. The van der Waals surface area contributed by atoms with E-state index < -0.39 is 0 Å². The molecule has 1 aromatic heterocycles. The third-order valence-electron chi connectivity index (χ3n) is 1.96. The maximum Gasteiger partial charge on any atom is 0.0701 e. The first-order valence-corrected chi connectivity index (χ1v) is 7.38. The van der Waals surface area contributed by atoms with Crippen molar-refractivity contribution in [3.63, 3.8) is 0 Å². The molecule has 4 heteroatoms. The number of nitrogens with zero attached hydrogens (tertiary/aromatic N) is 1. The molecule has 1 aromatic rings. The van der Waals surface area contributed by atoms with Crippen LogP contribution in [-0.2, 0) is 6.54 Å². The summed E-state index contributed by atoms with van der Waals surface area (Å²) in [4.78, 5) is 2.36. The van der Waals surface area contributed by atoms with Crippen LogP contribution in [0.25, 0.3) is 0 Å². The zero-order valence-corrected chi connectivity index (χ0v) is 12.5. The van der Waals surface area contributed by atoms with Crippen molar-refractivity contribution in [2.75, 3.05) is 18.9 Å². The standard InChI is InChI=1S/C10H15Br2NS/c1-8(4-11)5-13(2)6-9-3-10(12)14-7-9/h3,7-8H,4-6H2,1-2H3. The number of thiophene rings is 1. The zero-order valence-electron chi connectivity index (χ0n) is 8.46. The van der Waals surface area contributed by atoms with Gasteiger partial charge in [-0.15, -0.1) is 11.3 Å². The molecular weight excluding hydrogens is 326 g/mol. The fourth-order valence-corrected chi connectivity index (χ4v) is 2.79. The summed E-state index contributed by atoms with van der Waals surface area (Å²) in [5.74, 6) is 0.710. The Bertz CT molecular complexity index is 275. The summed E-state index contributed by atoms with van der Waals surface area (Å²) in [6.45, 7) is 4.44. The van der Waals surface area contributed by atoms with Crippen LogP contribution in [0.15, 0.2) is 15.2 Å². The van der Waals surface area contributed by atoms with Crippen LogP contribution < -0.4 is 0 Å². The molecular formula is C10H15Br2NS. The van der Waals surface area contributed by atoms with Crippen LogP contribution in [-0.4, -0.2) is 23.8 Å². The molecule has 1 rings (SSSR count). The monoisotopic (exact) mass is 339 g/mol. The first kappa shape index (κ1) is 12.7. The fraction of sp³-hybridized carbons (Fsp3) is 0.600. The summed E-state index contributed by atoms with van der Waals surface area (Å²) in [5.41, 5.74) is 1.39. The van der Waals surface area contributed by atoms with E-state index in [0.29, 0.717) is 5.92 Å². The molecule has 80 valence electrons. The number of alkyl halides is 1. The van der Waals surface area contributed by atoms with Crippen molar-refractivity contribution < 1.29 is 0 Å². The van der Waals surface area contributed by atoms with Crippen LogP contribution in [0.2, 0.25) is 0 Å². The second kappa shape index (κ2) is 6.26. The smallest absolute Gasteiger partial charge is 0.0701 e. The van der Waals surface area contributed by atoms with Gasteiger partial charge in [0.15, 0.2) is 0 Å². The minimum atomic E-state index is 0.710. The van der Waals surface area contributed by atoms with Crippen LogP contribution >= 0.6 is 43.2 Å². The highest BCUT2D eigenvalue weighted by atomic mass is 79.9. The van der Waals surface area contributed by atoms with Gasteiger partial charge >= 0.3 is 0 Å². The van der Waals surface area contributed by atoms with Crippen LogP contribution in [0, 0.1) is 5.92 Å². The molecule has 0 saturated heterocycles. The Hall–Kier alpha value is 0.620. The summed E-state index contributed by atoms with van der Waals surface area (Å²) >= 11 is 8.73. The van der Waals surface area contributed by atoms with Crippen molar-refractivity contribution in [1.82, 2.24) is 4.90 Å². The molecule has 0 spiro atoms. The third kappa shape index (κ3) is 4.43. The molecule has 1 atom stereocenters. The molecule has 1 nitrogen and oxygen atoms in total. The largest absolute Gasteiger partial charge is 0.302 e. The number of halogens is 2. The quantitative estimate of drug-likeness (QED) is 0.733. The van der Waals surface area contributed by atoms with Crippen LogP contribution in [0.1, 0.15) is 12.5 Å². The van der Waals surface area contributed by atoms with Gasteiger partial charge in [0.05, 0.1) is 3.79 Å². The van der Waals surface area contributed by atoms with Gasteiger partial charge in [0.1, 0.15) is 0 Å². The van der Waals surface area contributed by atoms with E-state index in [4.69, 9.17) is 0 Å². The number of hydrogen-bond acceptors (Lipinski definition) is 2. The second-order valence-corrected chi connectivity index (χ2v) is 6.65. The Morgan fingerprint density at radius 1 is 1.57 bits per heavy atom. The predicted molar refractivity (Wildman–Crippen MR) is 71.3 cm³/mol. The highest BCUT2D eigenvalue weighted by Gasteiger charge is 2.06. The maximum absolute atomic E-state index is 3.50. The topological polar surface area (TPSA) is 3.24 Å². The van der Waals surface area contributed by atoms with Crippen LogP contribution in [0.3, 0.4) is 0 Å². The molecule has 0 radical (unpaired) electrons. The van der Waals surface area contributed by atoms with Gasteiger partial charge in [0, 0.05) is 18.4 Å². The first-order chi connectivity index (χ1) is 6.61. The van der Waals surface area contributed by atoms with Crippen molar-refractivity contribution in [3.05, 3.63) is 20.8 Å². The van der Waals surface area contributed by atoms with E-state index in [1.165, 1.54) is 9.35 Å². The van der Waals surface area contributed by atoms with Gasteiger partial charge in [-0.2, -0.15) is 0 Å². The molecule has 0 amide bonds. The molecule has 0 aliphatic heterocycles. The van der Waals surface area contributed by atoms with Gasteiger partial charge in [-0.05, 0) is 45.9 Å². The molecule has 0 bridgehead atoms. The Labute approximate surface area is 107 Å². The van der Waals surface area contributed by atoms with E-state index >= 15 is 0 Å². The highest BCUT2D eigenvalue weighted by molar-refractivity contribution is 9.11. The van der Waals surface area contributed by atoms with Crippen molar-refractivity contribution in [2.24, 2.45) is 5.92 Å². The molecule has 0 saturated carbocycles. The normalized spacial score (nSPS) is 13.5. The highest BCUT2D eigenvalue weighted by Crippen LogP contribution is 2.21. The lowest BCUT2D eigenvalue weighted by Gasteiger charge is -2.19.